The molecule has 1 atom stereocenters. The summed E-state index contributed by atoms with van der Waals surface area (Å²) >= 11 is 0. The molecule has 1 fully saturated rings. The van der Waals surface area contributed by atoms with E-state index >= 15 is 0 Å². The molecule has 1 aliphatic heterocycles. The van der Waals surface area contributed by atoms with E-state index < -0.39 is 0 Å². The summed E-state index contributed by atoms with van der Waals surface area (Å²) in [6.07, 6.45) is 0.912. The minimum atomic E-state index is 0.455. The molecule has 2 rings (SSSR count). The van der Waals surface area contributed by atoms with Crippen molar-refractivity contribution in [2.24, 2.45) is 4.99 Å². The number of hydrogen-bond donors (Lipinski definition) is 1. The highest BCUT2D eigenvalue weighted by Crippen LogP contribution is 2.27. The normalized spacial score (nSPS) is 16.9. The van der Waals surface area contributed by atoms with Crippen molar-refractivity contribution in [2.75, 3.05) is 73.6 Å². The van der Waals surface area contributed by atoms with Crippen molar-refractivity contribution in [1.82, 2.24) is 20.0 Å². The number of nitrogens with zero attached hydrogens (tertiary/aromatic N) is 4. The molecule has 1 N–H and O–H groups in total. The third-order valence-corrected chi connectivity index (χ3v) is 5.86. The van der Waals surface area contributed by atoms with Crippen molar-refractivity contribution in [3.05, 3.63) is 23.8 Å². The fourth-order valence-electron chi connectivity index (χ4n) is 3.76. The maximum Gasteiger partial charge on any atom is 0.193 e. The monoisotopic (exact) mass is 419 g/mol. The van der Waals surface area contributed by atoms with Crippen LogP contribution in [0.4, 0.5) is 0 Å². The molecule has 1 heterocycles. The van der Waals surface area contributed by atoms with Gasteiger partial charge < -0.3 is 24.6 Å². The van der Waals surface area contributed by atoms with Crippen LogP contribution in [0.3, 0.4) is 0 Å². The predicted molar refractivity (Wildman–Crippen MR) is 125 cm³/mol. The highest BCUT2D eigenvalue weighted by atomic mass is 16.5. The quantitative estimate of drug-likeness (QED) is 0.463. The van der Waals surface area contributed by atoms with Gasteiger partial charge in [-0.15, -0.1) is 0 Å². The molecule has 0 bridgehead atoms. The third-order valence-electron chi connectivity index (χ3n) is 5.86. The number of nitrogens with one attached hydrogen (secondary N) is 1. The molecular formula is C23H41N5O2. The lowest BCUT2D eigenvalue weighted by Crippen LogP contribution is -2.50. The Balaban J connectivity index is 1.91. The van der Waals surface area contributed by atoms with Gasteiger partial charge in [-0.25, -0.2) is 0 Å². The average molecular weight is 420 g/mol. The van der Waals surface area contributed by atoms with Crippen molar-refractivity contribution < 1.29 is 9.47 Å². The Morgan fingerprint density at radius 2 is 1.83 bits per heavy atom. The summed E-state index contributed by atoms with van der Waals surface area (Å²) in [4.78, 5) is 12.2. The molecule has 0 aromatic heterocycles. The first-order chi connectivity index (χ1) is 14.5. The summed E-state index contributed by atoms with van der Waals surface area (Å²) < 4.78 is 10.8. The zero-order valence-electron chi connectivity index (χ0n) is 19.8. The van der Waals surface area contributed by atoms with Crippen LogP contribution in [-0.4, -0.2) is 100 Å². The molecule has 0 aliphatic carbocycles. The van der Waals surface area contributed by atoms with E-state index in [2.05, 4.69) is 60.0 Å². The van der Waals surface area contributed by atoms with E-state index in [1.165, 1.54) is 5.56 Å². The lowest BCUT2D eigenvalue weighted by Gasteiger charge is -2.37. The molecule has 0 radical (unpaired) electrons. The lowest BCUT2D eigenvalue weighted by molar-refractivity contribution is 0.109. The molecule has 0 saturated carbocycles. The number of piperazine rings is 1. The minimum absolute atomic E-state index is 0.455. The van der Waals surface area contributed by atoms with Crippen LogP contribution < -0.4 is 14.8 Å². The van der Waals surface area contributed by atoms with Crippen LogP contribution in [0.1, 0.15) is 26.3 Å². The first kappa shape index (κ1) is 24.3. The summed E-state index contributed by atoms with van der Waals surface area (Å²) in [6.45, 7) is 14.9. The molecule has 1 unspecified atom stereocenters. The van der Waals surface area contributed by atoms with Crippen molar-refractivity contribution in [2.45, 2.75) is 33.2 Å². The number of ether oxygens (including phenoxy) is 2. The van der Waals surface area contributed by atoms with Crippen molar-refractivity contribution in [1.29, 1.82) is 0 Å². The Morgan fingerprint density at radius 1 is 1.13 bits per heavy atom. The van der Waals surface area contributed by atoms with E-state index in [0.717, 1.165) is 76.2 Å². The largest absolute Gasteiger partial charge is 0.493 e. The van der Waals surface area contributed by atoms with Crippen molar-refractivity contribution in [3.63, 3.8) is 0 Å². The molecule has 7 nitrogen and oxygen atoms in total. The SMILES string of the molecule is CCNC(=NCC(C)N1CCN(CC)CC1)N(C)CCc1ccc(OC)c(OC)c1. The van der Waals surface area contributed by atoms with E-state index in [-0.39, 0.29) is 0 Å². The zero-order valence-corrected chi connectivity index (χ0v) is 19.8. The van der Waals surface area contributed by atoms with Gasteiger partial charge >= 0.3 is 0 Å². The number of methoxy groups -OCH3 is 2. The maximum atomic E-state index is 5.42. The fourth-order valence-corrected chi connectivity index (χ4v) is 3.76. The molecule has 30 heavy (non-hydrogen) atoms. The minimum Gasteiger partial charge on any atom is -0.493 e. The summed E-state index contributed by atoms with van der Waals surface area (Å²) in [5.74, 6) is 2.51. The number of aliphatic imine (C=N–C) groups is 1. The van der Waals surface area contributed by atoms with Crippen LogP contribution in [-0.2, 0) is 6.42 Å². The van der Waals surface area contributed by atoms with Gasteiger partial charge in [0.25, 0.3) is 0 Å². The third kappa shape index (κ3) is 7.06. The highest BCUT2D eigenvalue weighted by molar-refractivity contribution is 5.79. The van der Waals surface area contributed by atoms with Gasteiger partial charge in [-0.2, -0.15) is 0 Å². The first-order valence-electron chi connectivity index (χ1n) is 11.2. The summed E-state index contributed by atoms with van der Waals surface area (Å²) in [7, 11) is 5.44. The predicted octanol–water partition coefficient (Wildman–Crippen LogP) is 2.17. The molecule has 1 saturated heterocycles. The Labute approximate surface area is 183 Å². The first-order valence-corrected chi connectivity index (χ1v) is 11.2. The van der Waals surface area contributed by atoms with E-state index in [1.807, 2.05) is 6.07 Å². The van der Waals surface area contributed by atoms with Gasteiger partial charge in [0.2, 0.25) is 0 Å². The second-order valence-corrected chi connectivity index (χ2v) is 7.87. The molecule has 1 aromatic carbocycles. The Morgan fingerprint density at radius 3 is 2.43 bits per heavy atom. The molecule has 0 amide bonds. The maximum absolute atomic E-state index is 5.42. The highest BCUT2D eigenvalue weighted by Gasteiger charge is 2.20. The smallest absolute Gasteiger partial charge is 0.193 e. The molecule has 1 aliphatic rings. The van der Waals surface area contributed by atoms with Crippen LogP contribution in [0.25, 0.3) is 0 Å². The van der Waals surface area contributed by atoms with Gasteiger partial charge in [0.15, 0.2) is 17.5 Å². The van der Waals surface area contributed by atoms with Crippen LogP contribution >= 0.6 is 0 Å². The van der Waals surface area contributed by atoms with E-state index in [1.54, 1.807) is 14.2 Å². The summed E-state index contributed by atoms with van der Waals surface area (Å²) in [6, 6.07) is 6.57. The van der Waals surface area contributed by atoms with Gasteiger partial charge in [-0.1, -0.05) is 13.0 Å². The van der Waals surface area contributed by atoms with Crippen LogP contribution in [0, 0.1) is 0 Å². The van der Waals surface area contributed by atoms with Crippen molar-refractivity contribution >= 4 is 5.96 Å². The second kappa shape index (κ2) is 12.6. The van der Waals surface area contributed by atoms with Crippen LogP contribution in [0.2, 0.25) is 0 Å². The van der Waals surface area contributed by atoms with Gasteiger partial charge in [-0.05, 0) is 44.5 Å². The van der Waals surface area contributed by atoms with Crippen LogP contribution in [0.15, 0.2) is 23.2 Å². The summed E-state index contributed by atoms with van der Waals surface area (Å²) in [5, 5.41) is 3.44. The summed E-state index contributed by atoms with van der Waals surface area (Å²) in [5.41, 5.74) is 1.22. The Hall–Kier alpha value is -1.99. The molecule has 7 heteroatoms. The Kier molecular flexibility index (Phi) is 10.2. The lowest BCUT2D eigenvalue weighted by atomic mass is 10.1. The van der Waals surface area contributed by atoms with E-state index in [4.69, 9.17) is 14.5 Å². The topological polar surface area (TPSA) is 52.6 Å². The van der Waals surface area contributed by atoms with Gasteiger partial charge in [0.1, 0.15) is 0 Å². The van der Waals surface area contributed by atoms with Gasteiger partial charge in [-0.3, -0.25) is 9.89 Å². The number of benzene rings is 1. The van der Waals surface area contributed by atoms with E-state index in [9.17, 15) is 0 Å². The molecule has 1 aromatic rings. The zero-order chi connectivity index (χ0) is 21.9. The number of guanidine groups is 1. The number of hydrogen-bond acceptors (Lipinski definition) is 5. The number of rotatable bonds is 10. The van der Waals surface area contributed by atoms with Gasteiger partial charge in [0, 0.05) is 52.4 Å². The van der Waals surface area contributed by atoms with Gasteiger partial charge in [0.05, 0.1) is 20.8 Å². The average Bonchev–Trinajstić information content (AvgIpc) is 2.79. The molecular weight excluding hydrogens is 378 g/mol. The number of likely N-dealkylation sites (N-methyl/N-ethyl adjacent to an activating group) is 2. The molecule has 0 spiro atoms. The van der Waals surface area contributed by atoms with E-state index in [0.29, 0.717) is 6.04 Å². The Bertz CT molecular complexity index is 659. The molecule has 170 valence electrons. The van der Waals surface area contributed by atoms with Crippen molar-refractivity contribution in [3.8, 4) is 11.5 Å². The van der Waals surface area contributed by atoms with Crippen LogP contribution in [0.5, 0.6) is 11.5 Å². The standard InChI is InChI=1S/C23H41N5O2/c1-7-24-23(25-18-19(3)28-15-13-27(8-2)14-16-28)26(4)12-11-20-9-10-21(29-5)22(17-20)30-6/h9-10,17,19H,7-8,11-16,18H2,1-6H3,(H,24,25). The fraction of sp³-hybridized carbons (Fsp3) is 0.696. The second-order valence-electron chi connectivity index (χ2n) is 7.87.